The number of nitrogens with one attached hydrogen (secondary N) is 2. The number of carbonyl (C=O) groups excluding carboxylic acids is 3. The molecule has 154 valence electrons. The Morgan fingerprint density at radius 1 is 1.03 bits per heavy atom. The first kappa shape index (κ1) is 20.6. The van der Waals surface area contributed by atoms with E-state index in [4.69, 9.17) is 4.74 Å². The van der Waals surface area contributed by atoms with Gasteiger partial charge < -0.3 is 15.4 Å². The number of aromatic nitrogens is 4. The van der Waals surface area contributed by atoms with E-state index in [1.54, 1.807) is 18.2 Å². The number of anilines is 1. The summed E-state index contributed by atoms with van der Waals surface area (Å²) < 4.78 is 6.36. The van der Waals surface area contributed by atoms with Crippen molar-refractivity contribution in [3.63, 3.8) is 0 Å². The lowest BCUT2D eigenvalue weighted by atomic mass is 10.1. The van der Waals surface area contributed by atoms with Crippen LogP contribution in [0.3, 0.4) is 0 Å². The van der Waals surface area contributed by atoms with Gasteiger partial charge >= 0.3 is 5.97 Å². The van der Waals surface area contributed by atoms with Crippen molar-refractivity contribution in [2.45, 2.75) is 19.5 Å². The van der Waals surface area contributed by atoms with Crippen molar-refractivity contribution in [2.75, 3.05) is 11.9 Å². The number of tetrazole rings is 1. The number of hydrogen-bond donors (Lipinski definition) is 2. The van der Waals surface area contributed by atoms with Crippen molar-refractivity contribution in [3.05, 3.63) is 72.1 Å². The van der Waals surface area contributed by atoms with Gasteiger partial charge in [0.05, 0.1) is 17.3 Å². The van der Waals surface area contributed by atoms with Gasteiger partial charge in [0, 0.05) is 0 Å². The molecule has 0 aliphatic carbocycles. The minimum Gasteiger partial charge on any atom is -0.452 e. The first-order chi connectivity index (χ1) is 14.5. The van der Waals surface area contributed by atoms with E-state index in [2.05, 4.69) is 26.2 Å². The Morgan fingerprint density at radius 3 is 2.50 bits per heavy atom. The molecule has 30 heavy (non-hydrogen) atoms. The third-order valence-electron chi connectivity index (χ3n) is 4.13. The molecule has 10 heteroatoms. The molecule has 1 aromatic heterocycles. The van der Waals surface area contributed by atoms with E-state index in [9.17, 15) is 14.4 Å². The highest BCUT2D eigenvalue weighted by atomic mass is 16.5. The molecule has 1 atom stereocenters. The van der Waals surface area contributed by atoms with Crippen LogP contribution < -0.4 is 10.6 Å². The van der Waals surface area contributed by atoms with Gasteiger partial charge in [-0.1, -0.05) is 42.5 Å². The summed E-state index contributed by atoms with van der Waals surface area (Å²) in [7, 11) is 0. The van der Waals surface area contributed by atoms with Crippen LogP contribution in [-0.4, -0.2) is 44.6 Å². The van der Waals surface area contributed by atoms with Crippen LogP contribution in [0.1, 0.15) is 28.9 Å². The molecule has 1 heterocycles. The Labute approximate surface area is 172 Å². The van der Waals surface area contributed by atoms with E-state index in [1.165, 1.54) is 17.1 Å². The number of amides is 2. The Kier molecular flexibility index (Phi) is 6.83. The topological polar surface area (TPSA) is 128 Å². The maximum absolute atomic E-state index is 12.4. The van der Waals surface area contributed by atoms with Crippen LogP contribution in [0.5, 0.6) is 0 Å². The predicted octanol–water partition coefficient (Wildman–Crippen LogP) is 1.35. The quantitative estimate of drug-likeness (QED) is 0.538. The number of hydrogen-bond acceptors (Lipinski definition) is 7. The minimum atomic E-state index is -0.726. The number of ether oxygens (including phenoxy) is 1. The fourth-order valence-electron chi connectivity index (χ4n) is 2.68. The van der Waals surface area contributed by atoms with Gasteiger partial charge in [-0.05, 0) is 35.0 Å². The summed E-state index contributed by atoms with van der Waals surface area (Å²) in [4.78, 5) is 36.7. The van der Waals surface area contributed by atoms with E-state index in [0.717, 1.165) is 5.56 Å². The second kappa shape index (κ2) is 9.92. The van der Waals surface area contributed by atoms with E-state index in [0.29, 0.717) is 0 Å². The lowest BCUT2D eigenvalue weighted by molar-refractivity contribution is -0.125. The van der Waals surface area contributed by atoms with Gasteiger partial charge in [-0.3, -0.25) is 9.59 Å². The van der Waals surface area contributed by atoms with Crippen molar-refractivity contribution in [2.24, 2.45) is 0 Å². The Hall–Kier alpha value is -4.08. The van der Waals surface area contributed by atoms with Crippen molar-refractivity contribution in [1.29, 1.82) is 0 Å². The van der Waals surface area contributed by atoms with Gasteiger partial charge in [-0.15, -0.1) is 5.10 Å². The number of para-hydroxylation sites is 1. The molecule has 0 bridgehead atoms. The largest absolute Gasteiger partial charge is 0.452 e. The zero-order valence-electron chi connectivity index (χ0n) is 16.2. The number of esters is 1. The number of rotatable bonds is 8. The molecule has 1 unspecified atom stereocenters. The Balaban J connectivity index is 1.55. The smallest absolute Gasteiger partial charge is 0.340 e. The van der Waals surface area contributed by atoms with Crippen LogP contribution >= 0.6 is 0 Å². The van der Waals surface area contributed by atoms with Crippen molar-refractivity contribution >= 4 is 23.5 Å². The van der Waals surface area contributed by atoms with Crippen LogP contribution in [0, 0.1) is 0 Å². The van der Waals surface area contributed by atoms with Gasteiger partial charge in [-0.2, -0.15) is 0 Å². The van der Waals surface area contributed by atoms with E-state index in [-0.39, 0.29) is 23.8 Å². The summed E-state index contributed by atoms with van der Waals surface area (Å²) in [5, 5.41) is 15.9. The summed E-state index contributed by atoms with van der Waals surface area (Å²) in [6.45, 7) is 1.28. The molecule has 0 aliphatic heterocycles. The molecule has 0 aliphatic rings. The summed E-state index contributed by atoms with van der Waals surface area (Å²) in [5.74, 6) is -1.58. The summed E-state index contributed by atoms with van der Waals surface area (Å²) >= 11 is 0. The standard InChI is InChI=1S/C20H20N6O4/c1-14(15-7-3-2-4-8-15)22-19(28)12-30-20(29)16-9-5-6-10-17(16)23-18(27)11-26-13-21-24-25-26/h2-10,13-14H,11-12H2,1H3,(H,22,28)(H,23,27). The van der Waals surface area contributed by atoms with E-state index in [1.807, 2.05) is 37.3 Å². The van der Waals surface area contributed by atoms with Gasteiger partial charge in [0.1, 0.15) is 12.9 Å². The second-order valence-corrected chi connectivity index (χ2v) is 6.38. The average Bonchev–Trinajstić information content (AvgIpc) is 3.26. The highest BCUT2D eigenvalue weighted by Crippen LogP contribution is 2.16. The molecule has 10 nitrogen and oxygen atoms in total. The van der Waals surface area contributed by atoms with Gasteiger partial charge in [0.25, 0.3) is 5.91 Å². The summed E-state index contributed by atoms with van der Waals surface area (Å²) in [5.41, 5.74) is 1.33. The first-order valence-electron chi connectivity index (χ1n) is 9.14. The third kappa shape index (κ3) is 5.71. The zero-order chi connectivity index (χ0) is 21.3. The second-order valence-electron chi connectivity index (χ2n) is 6.38. The third-order valence-corrected chi connectivity index (χ3v) is 4.13. The van der Waals surface area contributed by atoms with Crippen LogP contribution in [0.15, 0.2) is 60.9 Å². The normalized spacial score (nSPS) is 11.4. The minimum absolute atomic E-state index is 0.115. The summed E-state index contributed by atoms with van der Waals surface area (Å²) in [6, 6.07) is 15.6. The monoisotopic (exact) mass is 408 g/mol. The van der Waals surface area contributed by atoms with E-state index < -0.39 is 24.4 Å². The van der Waals surface area contributed by atoms with Crippen molar-refractivity contribution < 1.29 is 19.1 Å². The highest BCUT2D eigenvalue weighted by Gasteiger charge is 2.17. The predicted molar refractivity (Wildman–Crippen MR) is 106 cm³/mol. The van der Waals surface area contributed by atoms with Gasteiger partial charge in [0.15, 0.2) is 6.61 Å². The number of nitrogens with zero attached hydrogens (tertiary/aromatic N) is 4. The molecule has 0 saturated heterocycles. The maximum Gasteiger partial charge on any atom is 0.340 e. The molecule has 0 spiro atoms. The van der Waals surface area contributed by atoms with Crippen LogP contribution in [0.2, 0.25) is 0 Å². The molecule has 0 radical (unpaired) electrons. The Bertz CT molecular complexity index is 1010. The van der Waals surface area contributed by atoms with E-state index >= 15 is 0 Å². The van der Waals surface area contributed by atoms with Crippen LogP contribution in [0.4, 0.5) is 5.69 Å². The van der Waals surface area contributed by atoms with Gasteiger partial charge in [-0.25, -0.2) is 9.48 Å². The van der Waals surface area contributed by atoms with Gasteiger partial charge in [0.2, 0.25) is 5.91 Å². The molecule has 3 aromatic rings. The molecule has 2 amide bonds. The van der Waals surface area contributed by atoms with Crippen LogP contribution in [0.25, 0.3) is 0 Å². The lowest BCUT2D eigenvalue weighted by Gasteiger charge is -2.15. The molecule has 0 fully saturated rings. The molecule has 2 aromatic carbocycles. The Morgan fingerprint density at radius 2 is 1.77 bits per heavy atom. The molecular weight excluding hydrogens is 388 g/mol. The highest BCUT2D eigenvalue weighted by molar-refractivity contribution is 6.01. The SMILES string of the molecule is CC(NC(=O)COC(=O)c1ccccc1NC(=O)Cn1cnnn1)c1ccccc1. The molecule has 2 N–H and O–H groups in total. The van der Waals surface area contributed by atoms with Crippen molar-refractivity contribution in [1.82, 2.24) is 25.5 Å². The molecular formula is C20H20N6O4. The number of benzene rings is 2. The first-order valence-corrected chi connectivity index (χ1v) is 9.14. The average molecular weight is 408 g/mol. The fraction of sp³-hybridized carbons (Fsp3) is 0.200. The lowest BCUT2D eigenvalue weighted by Crippen LogP contribution is -2.31. The number of carbonyl (C=O) groups is 3. The molecule has 0 saturated carbocycles. The van der Waals surface area contributed by atoms with Crippen LogP contribution in [-0.2, 0) is 20.9 Å². The zero-order valence-corrected chi connectivity index (χ0v) is 16.2. The fourth-order valence-corrected chi connectivity index (χ4v) is 2.68. The maximum atomic E-state index is 12.4. The summed E-state index contributed by atoms with van der Waals surface area (Å²) in [6.07, 6.45) is 1.30. The van der Waals surface area contributed by atoms with Crippen molar-refractivity contribution in [3.8, 4) is 0 Å². The molecule has 3 rings (SSSR count).